The third-order valence-electron chi connectivity index (χ3n) is 2.55. The summed E-state index contributed by atoms with van der Waals surface area (Å²) in [6.45, 7) is 1.79. The van der Waals surface area contributed by atoms with Gasteiger partial charge in [0, 0.05) is 22.3 Å². The predicted octanol–water partition coefficient (Wildman–Crippen LogP) is 2.17. The molecule has 0 radical (unpaired) electrons. The lowest BCUT2D eigenvalue weighted by molar-refractivity contribution is 0.580. The van der Waals surface area contributed by atoms with Crippen LogP contribution in [0.5, 0.6) is 0 Å². The first-order valence-electron chi connectivity index (χ1n) is 5.34. The van der Waals surface area contributed by atoms with Crippen LogP contribution in [0.25, 0.3) is 0 Å². The van der Waals surface area contributed by atoms with Gasteiger partial charge < -0.3 is 5.73 Å². The topological polar surface area (TPSA) is 85.1 Å². The number of aromatic nitrogens is 1. The van der Waals surface area contributed by atoms with E-state index >= 15 is 0 Å². The Morgan fingerprint density at radius 2 is 2.21 bits per heavy atom. The highest BCUT2D eigenvalue weighted by atomic mass is 35.5. The summed E-state index contributed by atoms with van der Waals surface area (Å²) in [6.07, 6.45) is 1.62. The van der Waals surface area contributed by atoms with Gasteiger partial charge >= 0.3 is 0 Å². The molecule has 0 aliphatic heterocycles. The maximum Gasteiger partial charge on any atom is 0.241 e. The lowest BCUT2D eigenvalue weighted by Crippen LogP contribution is -2.24. The van der Waals surface area contributed by atoms with E-state index in [1.807, 2.05) is 0 Å². The van der Waals surface area contributed by atoms with Crippen LogP contribution >= 0.6 is 22.9 Å². The molecule has 0 spiro atoms. The summed E-state index contributed by atoms with van der Waals surface area (Å²) >= 11 is 7.23. The van der Waals surface area contributed by atoms with Gasteiger partial charge in [-0.15, -0.1) is 11.3 Å². The highest BCUT2D eigenvalue weighted by Gasteiger charge is 2.19. The smallest absolute Gasteiger partial charge is 0.241 e. The molecule has 0 aliphatic carbocycles. The second-order valence-corrected chi connectivity index (χ2v) is 7.02. The second-order valence-electron chi connectivity index (χ2n) is 3.87. The summed E-state index contributed by atoms with van der Waals surface area (Å²) in [4.78, 5) is 4.10. The van der Waals surface area contributed by atoms with Crippen LogP contribution in [0, 0.1) is 6.92 Å². The molecule has 19 heavy (non-hydrogen) atoms. The second kappa shape index (κ2) is 5.46. The van der Waals surface area contributed by atoms with Crippen LogP contribution in [-0.4, -0.2) is 13.4 Å². The van der Waals surface area contributed by atoms with Gasteiger partial charge in [-0.1, -0.05) is 11.6 Å². The summed E-state index contributed by atoms with van der Waals surface area (Å²) in [6, 6.07) is 2.91. The first kappa shape index (κ1) is 14.3. The predicted molar refractivity (Wildman–Crippen MR) is 76.7 cm³/mol. The molecule has 5 nitrogen and oxygen atoms in total. The zero-order valence-corrected chi connectivity index (χ0v) is 12.4. The molecule has 1 aromatic heterocycles. The summed E-state index contributed by atoms with van der Waals surface area (Å²) in [7, 11) is -3.66. The fourth-order valence-corrected chi connectivity index (χ4v) is 3.75. The van der Waals surface area contributed by atoms with Crippen molar-refractivity contribution in [2.45, 2.75) is 18.4 Å². The van der Waals surface area contributed by atoms with Gasteiger partial charge in [-0.3, -0.25) is 0 Å². The summed E-state index contributed by atoms with van der Waals surface area (Å²) < 4.78 is 26.9. The van der Waals surface area contributed by atoms with Crippen molar-refractivity contribution in [1.29, 1.82) is 0 Å². The molecule has 102 valence electrons. The molecule has 1 aromatic carbocycles. The molecule has 0 atom stereocenters. The van der Waals surface area contributed by atoms with Crippen LogP contribution in [0.3, 0.4) is 0 Å². The number of nitrogens with two attached hydrogens (primary N) is 1. The van der Waals surface area contributed by atoms with E-state index in [0.717, 1.165) is 0 Å². The van der Waals surface area contributed by atoms with Crippen LogP contribution in [0.2, 0.25) is 5.02 Å². The lowest BCUT2D eigenvalue weighted by Gasteiger charge is -2.11. The molecule has 0 saturated heterocycles. The van der Waals surface area contributed by atoms with Crippen LogP contribution in [0.4, 0.5) is 5.69 Å². The van der Waals surface area contributed by atoms with Gasteiger partial charge in [0.1, 0.15) is 5.01 Å². The molecule has 1 heterocycles. The quantitative estimate of drug-likeness (QED) is 0.846. The number of nitrogen functional groups attached to an aromatic ring is 1. The van der Waals surface area contributed by atoms with Crippen LogP contribution in [0.15, 0.2) is 28.6 Å². The molecule has 3 N–H and O–H groups in total. The molecule has 0 fully saturated rings. The monoisotopic (exact) mass is 317 g/mol. The van der Waals surface area contributed by atoms with Crippen molar-refractivity contribution in [2.24, 2.45) is 0 Å². The van der Waals surface area contributed by atoms with Crippen molar-refractivity contribution in [2.75, 3.05) is 5.73 Å². The highest BCUT2D eigenvalue weighted by Crippen LogP contribution is 2.26. The fourth-order valence-electron chi connectivity index (χ4n) is 1.53. The summed E-state index contributed by atoms with van der Waals surface area (Å²) in [5.74, 6) is 0. The minimum atomic E-state index is -3.66. The van der Waals surface area contributed by atoms with Gasteiger partial charge in [-0.05, 0) is 24.6 Å². The zero-order chi connectivity index (χ0) is 14.0. The van der Waals surface area contributed by atoms with E-state index in [1.54, 1.807) is 18.5 Å². The Morgan fingerprint density at radius 3 is 2.84 bits per heavy atom. The molecule has 2 aromatic rings. The van der Waals surface area contributed by atoms with Crippen molar-refractivity contribution >= 4 is 38.6 Å². The van der Waals surface area contributed by atoms with E-state index in [1.165, 1.54) is 23.5 Å². The number of halogens is 1. The molecule has 8 heteroatoms. The van der Waals surface area contributed by atoms with Crippen molar-refractivity contribution in [3.8, 4) is 0 Å². The molecule has 0 amide bonds. The molecule has 0 unspecified atom stereocenters. The van der Waals surface area contributed by atoms with Crippen molar-refractivity contribution in [3.05, 3.63) is 39.3 Å². The maximum absolute atomic E-state index is 12.2. The zero-order valence-electron chi connectivity index (χ0n) is 10.1. The van der Waals surface area contributed by atoms with E-state index in [0.29, 0.717) is 16.3 Å². The Morgan fingerprint density at radius 1 is 1.47 bits per heavy atom. The van der Waals surface area contributed by atoms with Crippen molar-refractivity contribution < 1.29 is 8.42 Å². The Kier molecular flexibility index (Phi) is 4.10. The van der Waals surface area contributed by atoms with E-state index in [2.05, 4.69) is 9.71 Å². The first-order chi connectivity index (χ1) is 8.90. The lowest BCUT2D eigenvalue weighted by atomic mass is 10.2. The minimum absolute atomic E-state index is 0.0917. The third kappa shape index (κ3) is 3.24. The van der Waals surface area contributed by atoms with Gasteiger partial charge in [-0.2, -0.15) is 0 Å². The number of nitrogens with zero attached hydrogens (tertiary/aromatic N) is 1. The Hall–Kier alpha value is -1.15. The van der Waals surface area contributed by atoms with Gasteiger partial charge in [-0.25, -0.2) is 18.1 Å². The summed E-state index contributed by atoms with van der Waals surface area (Å²) in [5.41, 5.74) is 6.55. The molecule has 0 bridgehead atoms. The maximum atomic E-state index is 12.2. The molecule has 0 saturated carbocycles. The molecule has 0 aliphatic rings. The normalized spacial score (nSPS) is 11.7. The number of nitrogens with one attached hydrogen (secondary N) is 1. The first-order valence-corrected chi connectivity index (χ1v) is 8.08. The van der Waals surface area contributed by atoms with E-state index in [4.69, 9.17) is 17.3 Å². The minimum Gasteiger partial charge on any atom is -0.398 e. The number of hydrogen-bond donors (Lipinski definition) is 2. The SMILES string of the molecule is Cc1c(N)cc(Cl)cc1S(=O)(=O)NCc1nccs1. The number of sulfonamides is 1. The fraction of sp³-hybridized carbons (Fsp3) is 0.182. The Balaban J connectivity index is 2.29. The molecule has 2 rings (SSSR count). The highest BCUT2D eigenvalue weighted by molar-refractivity contribution is 7.89. The van der Waals surface area contributed by atoms with Gasteiger partial charge in [0.25, 0.3) is 0 Å². The number of rotatable bonds is 4. The largest absolute Gasteiger partial charge is 0.398 e. The molecular formula is C11H12ClN3O2S2. The van der Waals surface area contributed by atoms with Crippen LogP contribution in [-0.2, 0) is 16.6 Å². The number of benzene rings is 1. The van der Waals surface area contributed by atoms with Crippen molar-refractivity contribution in [3.63, 3.8) is 0 Å². The van der Waals surface area contributed by atoms with E-state index in [-0.39, 0.29) is 16.5 Å². The Labute approximate surface area is 120 Å². The van der Waals surface area contributed by atoms with Crippen LogP contribution < -0.4 is 10.5 Å². The standard InChI is InChI=1S/C11H12ClN3O2S2/c1-7-9(13)4-8(12)5-10(7)19(16,17)15-6-11-14-2-3-18-11/h2-5,15H,6,13H2,1H3. The van der Waals surface area contributed by atoms with Crippen LogP contribution in [0.1, 0.15) is 10.6 Å². The average Bonchev–Trinajstić information content (AvgIpc) is 2.84. The van der Waals surface area contributed by atoms with Crippen molar-refractivity contribution in [1.82, 2.24) is 9.71 Å². The Bertz CT molecular complexity index is 684. The van der Waals surface area contributed by atoms with E-state index < -0.39 is 10.0 Å². The van der Waals surface area contributed by atoms with Gasteiger partial charge in [0.05, 0.1) is 11.4 Å². The number of hydrogen-bond acceptors (Lipinski definition) is 5. The molecular weight excluding hydrogens is 306 g/mol. The summed E-state index contributed by atoms with van der Waals surface area (Å²) in [5, 5.41) is 2.76. The number of thiazole rings is 1. The van der Waals surface area contributed by atoms with Gasteiger partial charge in [0.15, 0.2) is 0 Å². The van der Waals surface area contributed by atoms with E-state index in [9.17, 15) is 8.42 Å². The third-order valence-corrected chi connectivity index (χ3v) is 5.08. The number of anilines is 1. The average molecular weight is 318 g/mol. The van der Waals surface area contributed by atoms with Gasteiger partial charge in [0.2, 0.25) is 10.0 Å².